The monoisotopic (exact) mass is 979 g/mol. The Kier molecular flexibility index (Phi) is 56.3. The molecule has 70 heavy (non-hydrogen) atoms. The molecule has 0 aliphatic heterocycles. The van der Waals surface area contributed by atoms with E-state index in [0.717, 1.165) is 103 Å². The Morgan fingerprint density at radius 2 is 0.543 bits per heavy atom. The lowest BCUT2D eigenvalue weighted by atomic mass is 10.0. The predicted molar refractivity (Wildman–Crippen MR) is 302 cm³/mol. The average molecular weight is 980 g/mol. The van der Waals surface area contributed by atoms with Crippen LogP contribution in [0.5, 0.6) is 0 Å². The van der Waals surface area contributed by atoms with Crippen molar-refractivity contribution < 1.29 is 28.6 Å². The molecule has 406 valence electrons. The van der Waals surface area contributed by atoms with Gasteiger partial charge in [0.1, 0.15) is 13.2 Å². The van der Waals surface area contributed by atoms with Crippen LogP contribution < -0.4 is 0 Å². The molecule has 0 saturated carbocycles. The third kappa shape index (κ3) is 56.0. The Morgan fingerprint density at radius 1 is 0.286 bits per heavy atom. The van der Waals surface area contributed by atoms with Gasteiger partial charge in [0.15, 0.2) is 6.10 Å². The fourth-order valence-corrected chi connectivity index (χ4v) is 8.67. The molecule has 0 rings (SSSR count). The van der Waals surface area contributed by atoms with Gasteiger partial charge in [0, 0.05) is 19.3 Å². The van der Waals surface area contributed by atoms with Gasteiger partial charge >= 0.3 is 17.9 Å². The van der Waals surface area contributed by atoms with Crippen LogP contribution in [0, 0.1) is 0 Å². The summed E-state index contributed by atoms with van der Waals surface area (Å²) in [5, 5.41) is 0. The third-order valence-corrected chi connectivity index (χ3v) is 13.2. The van der Waals surface area contributed by atoms with Crippen molar-refractivity contribution in [3.8, 4) is 0 Å². The van der Waals surface area contributed by atoms with Gasteiger partial charge in [-0.3, -0.25) is 14.4 Å². The predicted octanol–water partition coefficient (Wildman–Crippen LogP) is 20.4. The minimum absolute atomic E-state index is 0.0770. The van der Waals surface area contributed by atoms with Gasteiger partial charge in [0.25, 0.3) is 0 Å². The van der Waals surface area contributed by atoms with Gasteiger partial charge in [-0.2, -0.15) is 0 Å². The molecule has 0 aromatic rings. The molecule has 0 saturated heterocycles. The highest BCUT2D eigenvalue weighted by molar-refractivity contribution is 5.71. The summed E-state index contributed by atoms with van der Waals surface area (Å²) in [5.41, 5.74) is 0. The summed E-state index contributed by atoms with van der Waals surface area (Å²) >= 11 is 0. The summed E-state index contributed by atoms with van der Waals surface area (Å²) in [7, 11) is 0. The molecular weight excluding hydrogens is 865 g/mol. The molecule has 0 N–H and O–H groups in total. The van der Waals surface area contributed by atoms with Crippen molar-refractivity contribution in [3.05, 3.63) is 60.8 Å². The highest BCUT2D eigenvalue weighted by Crippen LogP contribution is 2.16. The molecule has 6 heteroatoms. The lowest BCUT2D eigenvalue weighted by Crippen LogP contribution is -2.30. The summed E-state index contributed by atoms with van der Waals surface area (Å²) < 4.78 is 16.8. The van der Waals surface area contributed by atoms with E-state index in [-0.39, 0.29) is 31.1 Å². The molecule has 0 heterocycles. The largest absolute Gasteiger partial charge is 0.462 e. The van der Waals surface area contributed by atoms with Crippen LogP contribution in [0.4, 0.5) is 0 Å². The minimum Gasteiger partial charge on any atom is -0.462 e. The lowest BCUT2D eigenvalue weighted by molar-refractivity contribution is -0.167. The summed E-state index contributed by atoms with van der Waals surface area (Å²) in [5.74, 6) is -0.886. The molecule has 0 aromatic heterocycles. The minimum atomic E-state index is -0.777. The van der Waals surface area contributed by atoms with Crippen LogP contribution in [0.15, 0.2) is 60.8 Å². The van der Waals surface area contributed by atoms with Crippen LogP contribution in [0.2, 0.25) is 0 Å². The second-order valence-electron chi connectivity index (χ2n) is 20.3. The van der Waals surface area contributed by atoms with Gasteiger partial charge < -0.3 is 14.2 Å². The van der Waals surface area contributed by atoms with Crippen molar-refractivity contribution in [2.75, 3.05) is 13.2 Å². The first-order valence-electron chi connectivity index (χ1n) is 30.3. The van der Waals surface area contributed by atoms with E-state index in [2.05, 4.69) is 81.5 Å². The Morgan fingerprint density at radius 3 is 0.857 bits per heavy atom. The normalized spacial score (nSPS) is 12.4. The number of unbranched alkanes of at least 4 members (excludes halogenated alkanes) is 34. The highest BCUT2D eigenvalue weighted by atomic mass is 16.6. The Bertz CT molecular complexity index is 1260. The SMILES string of the molecule is CCC/C=C\C/C=C\CCCCCCCC(=O)OC(COC(=O)CCCCCCCCCC)COC(=O)CCCCCCCCCCCCCCCCCC/C=C\C/C=C\C/C=C\CCCCCCC. The summed E-state index contributed by atoms with van der Waals surface area (Å²) in [6.45, 7) is 6.54. The fourth-order valence-electron chi connectivity index (χ4n) is 8.67. The number of esters is 3. The molecule has 1 atom stereocenters. The van der Waals surface area contributed by atoms with Crippen molar-refractivity contribution in [2.24, 2.45) is 0 Å². The van der Waals surface area contributed by atoms with Crippen molar-refractivity contribution in [1.82, 2.24) is 0 Å². The first-order chi connectivity index (χ1) is 34.5. The molecule has 1 unspecified atom stereocenters. The van der Waals surface area contributed by atoms with Gasteiger partial charge in [0.2, 0.25) is 0 Å². The zero-order chi connectivity index (χ0) is 50.7. The summed E-state index contributed by atoms with van der Waals surface area (Å²) in [6.07, 6.45) is 73.9. The quantitative estimate of drug-likeness (QED) is 0.0261. The molecule has 0 fully saturated rings. The van der Waals surface area contributed by atoms with Gasteiger partial charge in [0.05, 0.1) is 0 Å². The van der Waals surface area contributed by atoms with Crippen LogP contribution in [0.1, 0.15) is 310 Å². The first kappa shape index (κ1) is 67.1. The smallest absolute Gasteiger partial charge is 0.306 e. The average Bonchev–Trinajstić information content (AvgIpc) is 3.36. The van der Waals surface area contributed by atoms with Crippen molar-refractivity contribution >= 4 is 17.9 Å². The maximum atomic E-state index is 12.8. The lowest BCUT2D eigenvalue weighted by Gasteiger charge is -2.18. The van der Waals surface area contributed by atoms with E-state index in [1.807, 2.05) is 0 Å². The molecule has 0 bridgehead atoms. The number of hydrogen-bond donors (Lipinski definition) is 0. The molecule has 6 nitrogen and oxygen atoms in total. The van der Waals surface area contributed by atoms with Crippen LogP contribution >= 0.6 is 0 Å². The maximum absolute atomic E-state index is 12.8. The number of rotatable bonds is 55. The number of ether oxygens (including phenoxy) is 3. The van der Waals surface area contributed by atoms with Crippen molar-refractivity contribution in [2.45, 2.75) is 316 Å². The van der Waals surface area contributed by atoms with E-state index in [0.29, 0.717) is 19.3 Å². The maximum Gasteiger partial charge on any atom is 0.306 e. The van der Waals surface area contributed by atoms with Crippen LogP contribution in [-0.2, 0) is 28.6 Å². The van der Waals surface area contributed by atoms with E-state index in [1.165, 1.54) is 167 Å². The van der Waals surface area contributed by atoms with Gasteiger partial charge in [-0.25, -0.2) is 0 Å². The Balaban J connectivity index is 4.04. The number of carbonyl (C=O) groups excluding carboxylic acids is 3. The molecule has 0 aromatic carbocycles. The fraction of sp³-hybridized carbons (Fsp3) is 0.797. The van der Waals surface area contributed by atoms with Crippen LogP contribution in [0.3, 0.4) is 0 Å². The topological polar surface area (TPSA) is 78.9 Å². The van der Waals surface area contributed by atoms with Gasteiger partial charge in [-0.05, 0) is 83.5 Å². The molecule has 0 amide bonds. The number of carbonyl (C=O) groups is 3. The summed E-state index contributed by atoms with van der Waals surface area (Å²) in [4.78, 5) is 37.9. The molecule has 0 radical (unpaired) electrons. The zero-order valence-corrected chi connectivity index (χ0v) is 46.5. The zero-order valence-electron chi connectivity index (χ0n) is 46.5. The second kappa shape index (κ2) is 58.7. The molecule has 0 spiro atoms. The Labute approximate surface area is 434 Å². The van der Waals surface area contributed by atoms with Crippen molar-refractivity contribution in [3.63, 3.8) is 0 Å². The van der Waals surface area contributed by atoms with E-state index in [4.69, 9.17) is 14.2 Å². The number of allylic oxidation sites excluding steroid dienone is 10. The van der Waals surface area contributed by atoms with Crippen LogP contribution in [-0.4, -0.2) is 37.2 Å². The van der Waals surface area contributed by atoms with Gasteiger partial charge in [-0.15, -0.1) is 0 Å². The molecular formula is C64H114O6. The van der Waals surface area contributed by atoms with Gasteiger partial charge in [-0.1, -0.05) is 268 Å². The van der Waals surface area contributed by atoms with E-state index in [1.54, 1.807) is 0 Å². The molecule has 0 aliphatic carbocycles. The van der Waals surface area contributed by atoms with E-state index in [9.17, 15) is 14.4 Å². The number of hydrogen-bond acceptors (Lipinski definition) is 6. The Hall–Kier alpha value is -2.89. The van der Waals surface area contributed by atoms with Crippen LogP contribution in [0.25, 0.3) is 0 Å². The first-order valence-corrected chi connectivity index (χ1v) is 30.3. The van der Waals surface area contributed by atoms with E-state index < -0.39 is 6.10 Å². The standard InChI is InChI=1S/C64H114O6/c1-4-7-10-13-16-19-21-23-24-25-26-27-28-29-30-31-32-33-34-35-36-37-38-39-40-42-43-45-48-51-54-57-63(66)69-60-61(59-68-62(65)56-53-50-47-18-15-12-9-6-3)70-64(67)58-55-52-49-46-44-41-22-20-17-14-11-8-5-2/h11,14,20-23,25-26,28-29,61H,4-10,12-13,15-19,24,27,30-60H2,1-3H3/b14-11-,22-20-,23-21-,26-25-,29-28-. The summed E-state index contributed by atoms with van der Waals surface area (Å²) in [6, 6.07) is 0. The molecule has 0 aliphatic rings. The van der Waals surface area contributed by atoms with E-state index >= 15 is 0 Å². The third-order valence-electron chi connectivity index (χ3n) is 13.2. The van der Waals surface area contributed by atoms with Crippen molar-refractivity contribution in [1.29, 1.82) is 0 Å². The second-order valence-corrected chi connectivity index (χ2v) is 20.3. The highest BCUT2D eigenvalue weighted by Gasteiger charge is 2.19.